The Morgan fingerprint density at radius 1 is 0.533 bits per heavy atom. The minimum atomic E-state index is 0.497. The fraction of sp³-hybridized carbons (Fsp3) is 1.00. The van der Waals surface area contributed by atoms with E-state index in [1.54, 1.807) is 0 Å². The van der Waals surface area contributed by atoms with Gasteiger partial charge in [0.2, 0.25) is 0 Å². The van der Waals surface area contributed by atoms with Gasteiger partial charge in [0.1, 0.15) is 0 Å². The molecule has 0 saturated heterocycles. The molecule has 88 valence electrons. The second-order valence-corrected chi connectivity index (χ2v) is 8.23. The Bertz CT molecular complexity index is 233. The lowest BCUT2D eigenvalue weighted by Gasteiger charge is -2.59. The Morgan fingerprint density at radius 3 is 0.867 bits per heavy atom. The Labute approximate surface area is 95.8 Å². The summed E-state index contributed by atoms with van der Waals surface area (Å²) in [7, 11) is 0. The van der Waals surface area contributed by atoms with Crippen molar-refractivity contribution in [1.29, 1.82) is 0 Å². The second-order valence-electron chi connectivity index (χ2n) is 8.23. The van der Waals surface area contributed by atoms with Crippen molar-refractivity contribution < 1.29 is 0 Å². The summed E-state index contributed by atoms with van der Waals surface area (Å²) in [5.74, 6) is 1.78. The third-order valence-corrected chi connectivity index (χ3v) is 7.28. The molecule has 0 aromatic rings. The highest BCUT2D eigenvalue weighted by atomic mass is 14.8. The van der Waals surface area contributed by atoms with E-state index in [4.69, 9.17) is 0 Å². The minimum Gasteiger partial charge on any atom is -0.0591 e. The van der Waals surface area contributed by atoms with Crippen molar-refractivity contribution >= 4 is 0 Å². The molecule has 0 heterocycles. The summed E-state index contributed by atoms with van der Waals surface area (Å²) < 4.78 is 0. The Hall–Kier alpha value is 0. The molecule has 0 N–H and O–H groups in total. The molecule has 0 nitrogen and oxygen atoms in total. The molecular weight excluding hydrogens is 180 g/mol. The molecule has 0 heteroatoms. The van der Waals surface area contributed by atoms with Crippen LogP contribution in [0, 0.1) is 33.5 Å². The lowest BCUT2D eigenvalue weighted by molar-refractivity contribution is -0.114. The van der Waals surface area contributed by atoms with Crippen LogP contribution in [0.3, 0.4) is 0 Å². The first-order valence-electron chi connectivity index (χ1n) is 6.47. The van der Waals surface area contributed by atoms with Gasteiger partial charge in [-0.05, 0) is 39.9 Å². The van der Waals surface area contributed by atoms with E-state index in [1.165, 1.54) is 6.42 Å². The molecule has 0 aromatic carbocycles. The molecule has 2 fully saturated rings. The predicted octanol–water partition coefficient (Wildman–Crippen LogP) is 4.74. The number of rotatable bonds is 0. The zero-order valence-electron chi connectivity index (χ0n) is 11.9. The van der Waals surface area contributed by atoms with E-state index >= 15 is 0 Å². The van der Waals surface area contributed by atoms with Crippen LogP contribution in [0.25, 0.3) is 0 Å². The maximum atomic E-state index is 2.49. The maximum absolute atomic E-state index is 2.49. The van der Waals surface area contributed by atoms with Crippen LogP contribution in [0.15, 0.2) is 0 Å². The van der Waals surface area contributed by atoms with Crippen molar-refractivity contribution in [3.8, 4) is 0 Å². The molecule has 2 bridgehead atoms. The molecule has 2 aliphatic rings. The Morgan fingerprint density at radius 2 is 0.733 bits per heavy atom. The standard InChI is InChI=1S/C15H28/c1-12(2)10-9-11(13(12,3)4)15(7,8)14(10,5)6/h10-11H,9H2,1-8H3. The monoisotopic (exact) mass is 208 g/mol. The lowest BCUT2D eigenvalue weighted by atomic mass is 9.45. The third-order valence-electron chi connectivity index (χ3n) is 7.28. The molecule has 2 rings (SSSR count). The third kappa shape index (κ3) is 0.953. The van der Waals surface area contributed by atoms with Crippen LogP contribution in [0.5, 0.6) is 0 Å². The molecule has 0 aromatic heterocycles. The summed E-state index contributed by atoms with van der Waals surface area (Å²) in [5.41, 5.74) is 1.99. The average molecular weight is 208 g/mol. The van der Waals surface area contributed by atoms with E-state index in [-0.39, 0.29) is 0 Å². The van der Waals surface area contributed by atoms with Gasteiger partial charge in [0.25, 0.3) is 0 Å². The maximum Gasteiger partial charge on any atom is -0.0266 e. The SMILES string of the molecule is CC1(C)C2CC(C1(C)C)C(C)(C)C2(C)C. The first kappa shape index (κ1) is 11.5. The van der Waals surface area contributed by atoms with Gasteiger partial charge < -0.3 is 0 Å². The van der Waals surface area contributed by atoms with Gasteiger partial charge in [0, 0.05) is 0 Å². The van der Waals surface area contributed by atoms with Gasteiger partial charge in [-0.15, -0.1) is 0 Å². The van der Waals surface area contributed by atoms with Gasteiger partial charge in [-0.1, -0.05) is 55.4 Å². The van der Waals surface area contributed by atoms with E-state index in [0.717, 1.165) is 11.8 Å². The first-order valence-corrected chi connectivity index (χ1v) is 6.47. The minimum absolute atomic E-state index is 0.497. The van der Waals surface area contributed by atoms with E-state index in [9.17, 15) is 0 Å². The van der Waals surface area contributed by atoms with Crippen LogP contribution in [-0.4, -0.2) is 0 Å². The number of hydrogen-bond acceptors (Lipinski definition) is 0. The van der Waals surface area contributed by atoms with Gasteiger partial charge in [0.15, 0.2) is 0 Å². The Kier molecular flexibility index (Phi) is 1.88. The van der Waals surface area contributed by atoms with Crippen LogP contribution >= 0.6 is 0 Å². The van der Waals surface area contributed by atoms with E-state index in [0.29, 0.717) is 21.7 Å². The molecule has 2 aliphatic carbocycles. The normalized spacial score (nSPS) is 43.2. The summed E-state index contributed by atoms with van der Waals surface area (Å²) in [6.07, 6.45) is 1.44. The van der Waals surface area contributed by atoms with Gasteiger partial charge >= 0.3 is 0 Å². The fourth-order valence-corrected chi connectivity index (χ4v) is 5.01. The van der Waals surface area contributed by atoms with E-state index in [1.807, 2.05) is 0 Å². The molecule has 15 heavy (non-hydrogen) atoms. The highest BCUT2D eigenvalue weighted by Gasteiger charge is 2.71. The smallest absolute Gasteiger partial charge is 0.0266 e. The van der Waals surface area contributed by atoms with Crippen molar-refractivity contribution in [3.63, 3.8) is 0 Å². The summed E-state index contributed by atoms with van der Waals surface area (Å²) in [6.45, 7) is 20.0. The van der Waals surface area contributed by atoms with Crippen LogP contribution in [0.1, 0.15) is 61.8 Å². The molecule has 0 spiro atoms. The topological polar surface area (TPSA) is 0 Å². The van der Waals surface area contributed by atoms with Crippen LogP contribution < -0.4 is 0 Å². The van der Waals surface area contributed by atoms with Gasteiger partial charge in [-0.25, -0.2) is 0 Å². The second kappa shape index (κ2) is 2.46. The van der Waals surface area contributed by atoms with Crippen molar-refractivity contribution in [3.05, 3.63) is 0 Å². The van der Waals surface area contributed by atoms with Gasteiger partial charge in [-0.3, -0.25) is 0 Å². The quantitative estimate of drug-likeness (QED) is 0.539. The molecule has 0 atom stereocenters. The fourth-order valence-electron chi connectivity index (χ4n) is 5.01. The summed E-state index contributed by atoms with van der Waals surface area (Å²) in [4.78, 5) is 0. The highest BCUT2D eigenvalue weighted by Crippen LogP contribution is 2.77. The molecule has 2 saturated carbocycles. The van der Waals surface area contributed by atoms with Gasteiger partial charge in [-0.2, -0.15) is 0 Å². The lowest BCUT2D eigenvalue weighted by Crippen LogP contribution is -2.53. The zero-order chi connectivity index (χ0) is 11.9. The molecule has 0 amide bonds. The molecule has 0 aliphatic heterocycles. The number of fused-ring (bicyclic) bond motifs is 2. The van der Waals surface area contributed by atoms with Crippen molar-refractivity contribution in [2.45, 2.75) is 61.8 Å². The van der Waals surface area contributed by atoms with Gasteiger partial charge in [0.05, 0.1) is 0 Å². The van der Waals surface area contributed by atoms with E-state index < -0.39 is 0 Å². The van der Waals surface area contributed by atoms with E-state index in [2.05, 4.69) is 55.4 Å². The summed E-state index contributed by atoms with van der Waals surface area (Å²) >= 11 is 0. The molecule has 0 radical (unpaired) electrons. The van der Waals surface area contributed by atoms with Crippen molar-refractivity contribution in [1.82, 2.24) is 0 Å². The van der Waals surface area contributed by atoms with Crippen LogP contribution in [-0.2, 0) is 0 Å². The van der Waals surface area contributed by atoms with Crippen molar-refractivity contribution in [2.75, 3.05) is 0 Å². The zero-order valence-corrected chi connectivity index (χ0v) is 11.9. The molecule has 0 unspecified atom stereocenters. The van der Waals surface area contributed by atoms with Crippen molar-refractivity contribution in [2.24, 2.45) is 33.5 Å². The number of hydrogen-bond donors (Lipinski definition) is 0. The average Bonchev–Trinajstić information content (AvgIpc) is 2.29. The summed E-state index contributed by atoms with van der Waals surface area (Å²) in [6, 6.07) is 0. The van der Waals surface area contributed by atoms with Crippen LogP contribution in [0.2, 0.25) is 0 Å². The summed E-state index contributed by atoms with van der Waals surface area (Å²) in [5, 5.41) is 0. The first-order chi connectivity index (χ1) is 6.47. The predicted molar refractivity (Wildman–Crippen MR) is 66.7 cm³/mol. The highest BCUT2D eigenvalue weighted by molar-refractivity contribution is 5.19. The Balaban J connectivity index is 2.55. The largest absolute Gasteiger partial charge is 0.0591 e. The van der Waals surface area contributed by atoms with Crippen LogP contribution in [0.4, 0.5) is 0 Å². The molecular formula is C15H28.